The summed E-state index contributed by atoms with van der Waals surface area (Å²) in [6, 6.07) is 3.27. The number of aryl methyl sites for hydroxylation is 1. The van der Waals surface area contributed by atoms with Gasteiger partial charge in [-0.1, -0.05) is 19.9 Å². The largest absolute Gasteiger partial charge is 0.344 e. The third-order valence-corrected chi connectivity index (χ3v) is 4.68. The van der Waals surface area contributed by atoms with Crippen LogP contribution in [-0.2, 0) is 11.8 Å². The Morgan fingerprint density at radius 2 is 2.08 bits per heavy atom. The van der Waals surface area contributed by atoms with Gasteiger partial charge in [-0.3, -0.25) is 14.3 Å². The van der Waals surface area contributed by atoms with Gasteiger partial charge in [-0.25, -0.2) is 4.98 Å². The topological polar surface area (TPSA) is 88.9 Å². The standard InChI is InChI=1S/C17H25N5O2S/c1-11(2)9-12(14-18-10-19-22(14)5)20-16(24)17(3,4)21-15(23)13-7-6-8-25-13/h6-8,10-12H,9H2,1-5H3,(H,20,24)(H,21,23). The first-order valence-electron chi connectivity index (χ1n) is 8.21. The number of hydrogen-bond acceptors (Lipinski definition) is 5. The van der Waals surface area contributed by atoms with E-state index in [1.807, 2.05) is 5.38 Å². The van der Waals surface area contributed by atoms with E-state index >= 15 is 0 Å². The first kappa shape index (κ1) is 19.1. The predicted octanol–water partition coefficient (Wildman–Crippen LogP) is 2.29. The van der Waals surface area contributed by atoms with Gasteiger partial charge in [-0.2, -0.15) is 5.10 Å². The van der Waals surface area contributed by atoms with Crippen molar-refractivity contribution < 1.29 is 9.59 Å². The predicted molar refractivity (Wildman–Crippen MR) is 97.2 cm³/mol. The van der Waals surface area contributed by atoms with Gasteiger partial charge in [0.15, 0.2) is 0 Å². The lowest BCUT2D eigenvalue weighted by molar-refractivity contribution is -0.127. The zero-order valence-corrected chi connectivity index (χ0v) is 16.1. The molecule has 2 aromatic rings. The number of carbonyl (C=O) groups is 2. The lowest BCUT2D eigenvalue weighted by atomic mass is 9.99. The van der Waals surface area contributed by atoms with Gasteiger partial charge in [0.2, 0.25) is 5.91 Å². The van der Waals surface area contributed by atoms with Gasteiger partial charge in [-0.05, 0) is 37.6 Å². The third kappa shape index (κ3) is 4.88. The maximum absolute atomic E-state index is 12.8. The van der Waals surface area contributed by atoms with Crippen LogP contribution in [0.2, 0.25) is 0 Å². The van der Waals surface area contributed by atoms with E-state index < -0.39 is 5.54 Å². The van der Waals surface area contributed by atoms with E-state index in [-0.39, 0.29) is 17.9 Å². The van der Waals surface area contributed by atoms with Crippen LogP contribution in [0.15, 0.2) is 23.8 Å². The monoisotopic (exact) mass is 363 g/mol. The molecule has 2 rings (SSSR count). The molecular weight excluding hydrogens is 338 g/mol. The fraction of sp³-hybridized carbons (Fsp3) is 0.529. The Balaban J connectivity index is 2.10. The smallest absolute Gasteiger partial charge is 0.262 e. The lowest BCUT2D eigenvalue weighted by Gasteiger charge is -2.28. The van der Waals surface area contributed by atoms with Gasteiger partial charge < -0.3 is 10.6 Å². The lowest BCUT2D eigenvalue weighted by Crippen LogP contribution is -2.55. The maximum Gasteiger partial charge on any atom is 0.262 e. The highest BCUT2D eigenvalue weighted by Gasteiger charge is 2.33. The van der Waals surface area contributed by atoms with Crippen LogP contribution in [0.5, 0.6) is 0 Å². The zero-order chi connectivity index (χ0) is 18.6. The minimum atomic E-state index is -1.05. The average Bonchev–Trinajstić information content (AvgIpc) is 3.16. The highest BCUT2D eigenvalue weighted by molar-refractivity contribution is 7.12. The summed E-state index contributed by atoms with van der Waals surface area (Å²) in [7, 11) is 1.80. The maximum atomic E-state index is 12.8. The molecule has 0 spiro atoms. The van der Waals surface area contributed by atoms with E-state index in [4.69, 9.17) is 0 Å². The summed E-state index contributed by atoms with van der Waals surface area (Å²) >= 11 is 1.34. The molecule has 0 aromatic carbocycles. The van der Waals surface area contributed by atoms with Crippen molar-refractivity contribution in [1.29, 1.82) is 0 Å². The number of thiophene rings is 1. The number of nitrogens with one attached hydrogen (secondary N) is 2. The van der Waals surface area contributed by atoms with E-state index in [0.29, 0.717) is 16.6 Å². The molecule has 0 saturated heterocycles. The van der Waals surface area contributed by atoms with Crippen LogP contribution in [0.1, 0.15) is 55.7 Å². The fourth-order valence-electron chi connectivity index (χ4n) is 2.47. The molecule has 0 aliphatic rings. The molecule has 0 aliphatic carbocycles. The number of aromatic nitrogens is 3. The van der Waals surface area contributed by atoms with Crippen LogP contribution in [0.25, 0.3) is 0 Å². The highest BCUT2D eigenvalue weighted by atomic mass is 32.1. The average molecular weight is 363 g/mol. The zero-order valence-electron chi connectivity index (χ0n) is 15.2. The van der Waals surface area contributed by atoms with E-state index in [2.05, 4.69) is 34.6 Å². The van der Waals surface area contributed by atoms with E-state index in [1.165, 1.54) is 17.7 Å². The van der Waals surface area contributed by atoms with Crippen molar-refractivity contribution in [2.75, 3.05) is 0 Å². The second-order valence-electron chi connectivity index (χ2n) is 6.95. The summed E-state index contributed by atoms with van der Waals surface area (Å²) in [6.07, 6.45) is 2.20. The SMILES string of the molecule is CC(C)CC(NC(=O)C(C)(C)NC(=O)c1cccs1)c1ncnn1C. The molecule has 2 N–H and O–H groups in total. The van der Waals surface area contributed by atoms with Crippen LogP contribution in [0, 0.1) is 5.92 Å². The normalized spacial score (nSPS) is 12.9. The minimum absolute atomic E-state index is 0.255. The van der Waals surface area contributed by atoms with Gasteiger partial charge in [0.25, 0.3) is 5.91 Å². The molecule has 1 atom stereocenters. The van der Waals surface area contributed by atoms with Crippen molar-refractivity contribution in [2.24, 2.45) is 13.0 Å². The Labute approximate surface area is 151 Å². The summed E-state index contributed by atoms with van der Waals surface area (Å²) in [5.74, 6) is 0.550. The molecule has 25 heavy (non-hydrogen) atoms. The second-order valence-corrected chi connectivity index (χ2v) is 7.90. The fourth-order valence-corrected chi connectivity index (χ4v) is 3.09. The van der Waals surface area contributed by atoms with Crippen LogP contribution in [0.4, 0.5) is 0 Å². The summed E-state index contributed by atoms with van der Waals surface area (Å²) in [4.78, 5) is 29.9. The molecule has 0 fully saturated rings. The van der Waals surface area contributed by atoms with Gasteiger partial charge in [0, 0.05) is 7.05 Å². The van der Waals surface area contributed by atoms with E-state index in [0.717, 1.165) is 6.42 Å². The van der Waals surface area contributed by atoms with Gasteiger partial charge in [-0.15, -0.1) is 11.3 Å². The molecule has 2 aromatic heterocycles. The Morgan fingerprint density at radius 3 is 2.60 bits per heavy atom. The molecule has 0 aliphatic heterocycles. The number of amides is 2. The van der Waals surface area contributed by atoms with Crippen molar-refractivity contribution >= 4 is 23.2 Å². The Kier molecular flexibility index (Phi) is 5.94. The minimum Gasteiger partial charge on any atom is -0.344 e. The molecule has 1 unspecified atom stereocenters. The third-order valence-electron chi connectivity index (χ3n) is 3.81. The molecule has 0 bridgehead atoms. The van der Waals surface area contributed by atoms with Crippen LogP contribution in [0.3, 0.4) is 0 Å². The number of nitrogens with zero attached hydrogens (tertiary/aromatic N) is 3. The Bertz CT molecular complexity index is 721. The number of carbonyl (C=O) groups excluding carboxylic acids is 2. The first-order valence-corrected chi connectivity index (χ1v) is 9.09. The van der Waals surface area contributed by atoms with Crippen molar-refractivity contribution in [3.05, 3.63) is 34.5 Å². The highest BCUT2D eigenvalue weighted by Crippen LogP contribution is 2.20. The second kappa shape index (κ2) is 7.77. The van der Waals surface area contributed by atoms with Crippen molar-refractivity contribution in [2.45, 2.75) is 45.7 Å². The molecule has 136 valence electrons. The Morgan fingerprint density at radius 1 is 1.36 bits per heavy atom. The van der Waals surface area contributed by atoms with Crippen molar-refractivity contribution in [3.63, 3.8) is 0 Å². The molecule has 7 nitrogen and oxygen atoms in total. The number of hydrogen-bond donors (Lipinski definition) is 2. The Hall–Kier alpha value is -2.22. The van der Waals surface area contributed by atoms with Crippen LogP contribution < -0.4 is 10.6 Å². The molecule has 2 amide bonds. The van der Waals surface area contributed by atoms with Gasteiger partial charge in [0.1, 0.15) is 17.7 Å². The molecule has 8 heteroatoms. The quantitative estimate of drug-likeness (QED) is 0.790. The summed E-state index contributed by atoms with van der Waals surface area (Å²) in [6.45, 7) is 7.55. The van der Waals surface area contributed by atoms with E-state index in [1.54, 1.807) is 37.7 Å². The molecule has 0 saturated carbocycles. The summed E-state index contributed by atoms with van der Waals surface area (Å²) < 4.78 is 1.66. The van der Waals surface area contributed by atoms with Crippen molar-refractivity contribution in [3.8, 4) is 0 Å². The first-order chi connectivity index (χ1) is 11.7. The van der Waals surface area contributed by atoms with Gasteiger partial charge in [0.05, 0.1) is 10.9 Å². The molecule has 2 heterocycles. The molecule has 0 radical (unpaired) electrons. The van der Waals surface area contributed by atoms with Crippen molar-refractivity contribution in [1.82, 2.24) is 25.4 Å². The van der Waals surface area contributed by atoms with E-state index in [9.17, 15) is 9.59 Å². The molecular formula is C17H25N5O2S. The van der Waals surface area contributed by atoms with Gasteiger partial charge >= 0.3 is 0 Å². The van der Waals surface area contributed by atoms with Crippen LogP contribution in [-0.4, -0.2) is 32.1 Å². The van der Waals surface area contributed by atoms with Crippen LogP contribution >= 0.6 is 11.3 Å². The summed E-state index contributed by atoms with van der Waals surface area (Å²) in [5, 5.41) is 11.7. The number of rotatable bonds is 7. The summed E-state index contributed by atoms with van der Waals surface area (Å²) in [5.41, 5.74) is -1.05.